The molecule has 0 aromatic carbocycles. The zero-order chi connectivity index (χ0) is 13.5. The van der Waals surface area contributed by atoms with Crippen LogP contribution in [0.5, 0.6) is 0 Å². The maximum absolute atomic E-state index is 11.6. The van der Waals surface area contributed by atoms with Crippen LogP contribution in [0.3, 0.4) is 0 Å². The smallest absolute Gasteiger partial charge is 0.254 e. The SMILES string of the molecule is O=C(CNC(=O)c1ccoc1)NCC1CCCCC1. The van der Waals surface area contributed by atoms with Crippen LogP contribution in [-0.2, 0) is 4.79 Å². The van der Waals surface area contributed by atoms with Crippen LogP contribution in [0.15, 0.2) is 23.0 Å². The molecule has 5 nitrogen and oxygen atoms in total. The van der Waals surface area contributed by atoms with E-state index < -0.39 is 0 Å². The summed E-state index contributed by atoms with van der Waals surface area (Å²) in [6.07, 6.45) is 9.01. The van der Waals surface area contributed by atoms with E-state index in [-0.39, 0.29) is 18.4 Å². The van der Waals surface area contributed by atoms with Gasteiger partial charge < -0.3 is 15.1 Å². The molecule has 2 rings (SSSR count). The Labute approximate surface area is 112 Å². The number of amides is 2. The topological polar surface area (TPSA) is 71.3 Å². The fraction of sp³-hybridized carbons (Fsp3) is 0.571. The van der Waals surface area contributed by atoms with Crippen molar-refractivity contribution in [3.8, 4) is 0 Å². The lowest BCUT2D eigenvalue weighted by Crippen LogP contribution is -2.39. The molecule has 0 radical (unpaired) electrons. The van der Waals surface area contributed by atoms with E-state index >= 15 is 0 Å². The molecule has 1 heterocycles. The number of hydrogen-bond acceptors (Lipinski definition) is 3. The summed E-state index contributed by atoms with van der Waals surface area (Å²) in [7, 11) is 0. The Balaban J connectivity index is 1.63. The van der Waals surface area contributed by atoms with E-state index in [1.807, 2.05) is 0 Å². The maximum atomic E-state index is 11.6. The van der Waals surface area contributed by atoms with Gasteiger partial charge in [0.1, 0.15) is 6.26 Å². The zero-order valence-electron chi connectivity index (χ0n) is 11.0. The van der Waals surface area contributed by atoms with E-state index in [1.54, 1.807) is 6.07 Å². The number of hydrogen-bond donors (Lipinski definition) is 2. The van der Waals surface area contributed by atoms with Crippen molar-refractivity contribution >= 4 is 11.8 Å². The minimum absolute atomic E-state index is 0.0106. The second kappa shape index (κ2) is 6.97. The normalized spacial score (nSPS) is 16.0. The summed E-state index contributed by atoms with van der Waals surface area (Å²) in [6.45, 7) is 0.733. The van der Waals surface area contributed by atoms with E-state index in [1.165, 1.54) is 44.6 Å². The van der Waals surface area contributed by atoms with Crippen LogP contribution in [-0.4, -0.2) is 24.9 Å². The first-order valence-electron chi connectivity index (χ1n) is 6.83. The molecule has 19 heavy (non-hydrogen) atoms. The molecule has 2 amide bonds. The number of carbonyl (C=O) groups is 2. The van der Waals surface area contributed by atoms with E-state index in [2.05, 4.69) is 10.6 Å². The molecule has 1 saturated carbocycles. The Hall–Kier alpha value is -1.78. The zero-order valence-corrected chi connectivity index (χ0v) is 11.0. The van der Waals surface area contributed by atoms with Crippen molar-refractivity contribution in [2.24, 2.45) is 5.92 Å². The number of furan rings is 1. The van der Waals surface area contributed by atoms with Gasteiger partial charge in [-0.15, -0.1) is 0 Å². The van der Waals surface area contributed by atoms with Gasteiger partial charge in [-0.3, -0.25) is 9.59 Å². The highest BCUT2D eigenvalue weighted by Gasteiger charge is 2.14. The molecule has 0 bridgehead atoms. The first kappa shape index (κ1) is 13.6. The lowest BCUT2D eigenvalue weighted by molar-refractivity contribution is -0.120. The van der Waals surface area contributed by atoms with Crippen LogP contribution in [0.25, 0.3) is 0 Å². The highest BCUT2D eigenvalue weighted by atomic mass is 16.3. The third kappa shape index (κ3) is 4.43. The molecule has 0 atom stereocenters. The van der Waals surface area contributed by atoms with Crippen LogP contribution in [0.4, 0.5) is 0 Å². The van der Waals surface area contributed by atoms with Crippen LogP contribution < -0.4 is 10.6 Å². The molecule has 1 fully saturated rings. The maximum Gasteiger partial charge on any atom is 0.254 e. The largest absolute Gasteiger partial charge is 0.472 e. The Kier molecular flexibility index (Phi) is 5.01. The second-order valence-electron chi connectivity index (χ2n) is 5.00. The molecule has 1 aromatic heterocycles. The van der Waals surface area contributed by atoms with E-state index in [0.29, 0.717) is 11.5 Å². The molecule has 1 aromatic rings. The first-order chi connectivity index (χ1) is 9.25. The molecule has 5 heteroatoms. The fourth-order valence-corrected chi connectivity index (χ4v) is 2.37. The summed E-state index contributed by atoms with van der Waals surface area (Å²) in [5, 5.41) is 5.44. The minimum atomic E-state index is -0.290. The summed E-state index contributed by atoms with van der Waals surface area (Å²) in [5.74, 6) is 0.172. The Bertz CT molecular complexity index is 408. The van der Waals surface area contributed by atoms with Crippen LogP contribution in [0.1, 0.15) is 42.5 Å². The van der Waals surface area contributed by atoms with Gasteiger partial charge >= 0.3 is 0 Å². The third-order valence-electron chi connectivity index (χ3n) is 3.51. The molecule has 1 aliphatic rings. The van der Waals surface area contributed by atoms with Crippen molar-refractivity contribution in [2.45, 2.75) is 32.1 Å². The van der Waals surface area contributed by atoms with Crippen molar-refractivity contribution in [1.29, 1.82) is 0 Å². The van der Waals surface area contributed by atoms with Crippen LogP contribution in [0.2, 0.25) is 0 Å². The molecule has 0 saturated heterocycles. The molecule has 0 aliphatic heterocycles. The number of carbonyl (C=O) groups excluding carboxylic acids is 2. The van der Waals surface area contributed by atoms with Gasteiger partial charge in [-0.1, -0.05) is 19.3 Å². The van der Waals surface area contributed by atoms with Gasteiger partial charge in [0, 0.05) is 6.54 Å². The first-order valence-corrected chi connectivity index (χ1v) is 6.83. The van der Waals surface area contributed by atoms with E-state index in [9.17, 15) is 9.59 Å². The van der Waals surface area contributed by atoms with E-state index in [4.69, 9.17) is 4.42 Å². The van der Waals surface area contributed by atoms with Crippen molar-refractivity contribution in [3.05, 3.63) is 24.2 Å². The highest BCUT2D eigenvalue weighted by molar-refractivity contribution is 5.96. The van der Waals surface area contributed by atoms with Crippen LogP contribution in [0, 0.1) is 5.92 Å². The van der Waals surface area contributed by atoms with Gasteiger partial charge in [0.25, 0.3) is 5.91 Å². The van der Waals surface area contributed by atoms with Crippen molar-refractivity contribution in [3.63, 3.8) is 0 Å². The third-order valence-corrected chi connectivity index (χ3v) is 3.51. The highest BCUT2D eigenvalue weighted by Crippen LogP contribution is 2.22. The lowest BCUT2D eigenvalue weighted by Gasteiger charge is -2.21. The Morgan fingerprint density at radius 3 is 2.68 bits per heavy atom. The Morgan fingerprint density at radius 2 is 2.00 bits per heavy atom. The van der Waals surface area contributed by atoms with E-state index in [0.717, 1.165) is 6.54 Å². The minimum Gasteiger partial charge on any atom is -0.472 e. The molecular weight excluding hydrogens is 244 g/mol. The molecule has 0 spiro atoms. The number of rotatable bonds is 5. The van der Waals surface area contributed by atoms with Crippen molar-refractivity contribution in [2.75, 3.05) is 13.1 Å². The Morgan fingerprint density at radius 1 is 1.21 bits per heavy atom. The second-order valence-corrected chi connectivity index (χ2v) is 5.00. The summed E-state index contributed by atoms with van der Waals surface area (Å²) >= 11 is 0. The molecule has 2 N–H and O–H groups in total. The summed E-state index contributed by atoms with van der Waals surface area (Å²) < 4.78 is 4.81. The van der Waals surface area contributed by atoms with Gasteiger partial charge in [0.05, 0.1) is 18.4 Å². The molecule has 0 unspecified atom stereocenters. The van der Waals surface area contributed by atoms with Crippen molar-refractivity contribution in [1.82, 2.24) is 10.6 Å². The quantitative estimate of drug-likeness (QED) is 0.850. The molecule has 104 valence electrons. The van der Waals surface area contributed by atoms with Gasteiger partial charge in [-0.25, -0.2) is 0 Å². The lowest BCUT2D eigenvalue weighted by atomic mass is 9.89. The summed E-state index contributed by atoms with van der Waals surface area (Å²) in [4.78, 5) is 23.2. The average Bonchev–Trinajstić information content (AvgIpc) is 2.98. The monoisotopic (exact) mass is 264 g/mol. The fourth-order valence-electron chi connectivity index (χ4n) is 2.37. The standard InChI is InChI=1S/C14H20N2O3/c17-13(15-8-11-4-2-1-3-5-11)9-16-14(18)12-6-7-19-10-12/h6-7,10-11H,1-5,8-9H2,(H,15,17)(H,16,18). The predicted molar refractivity (Wildman–Crippen MR) is 70.6 cm³/mol. The van der Waals surface area contributed by atoms with Gasteiger partial charge in [-0.05, 0) is 24.8 Å². The number of nitrogens with one attached hydrogen (secondary N) is 2. The predicted octanol–water partition coefficient (Wildman–Crippen LogP) is 1.71. The van der Waals surface area contributed by atoms with Crippen molar-refractivity contribution < 1.29 is 14.0 Å². The molecular formula is C14H20N2O3. The van der Waals surface area contributed by atoms with Gasteiger partial charge in [0.2, 0.25) is 5.91 Å². The molecule has 1 aliphatic carbocycles. The summed E-state index contributed by atoms with van der Waals surface area (Å²) in [6, 6.07) is 1.56. The van der Waals surface area contributed by atoms with Crippen LogP contribution >= 0.6 is 0 Å². The van der Waals surface area contributed by atoms with Gasteiger partial charge in [0.15, 0.2) is 0 Å². The average molecular weight is 264 g/mol. The van der Waals surface area contributed by atoms with Gasteiger partial charge in [-0.2, -0.15) is 0 Å². The summed E-state index contributed by atoms with van der Waals surface area (Å²) in [5.41, 5.74) is 0.431.